The first-order valence-corrected chi connectivity index (χ1v) is 18.3. The van der Waals surface area contributed by atoms with Crippen LogP contribution in [0.1, 0.15) is 103 Å². The summed E-state index contributed by atoms with van der Waals surface area (Å²) in [4.78, 5) is 34.5. The fourth-order valence-electron chi connectivity index (χ4n) is 13.1. The first-order valence-electron chi connectivity index (χ1n) is 18.3. The first-order chi connectivity index (χ1) is 21.5. The van der Waals surface area contributed by atoms with Crippen molar-refractivity contribution in [2.45, 2.75) is 114 Å². The van der Waals surface area contributed by atoms with Crippen LogP contribution in [0.4, 0.5) is 11.4 Å². The maximum atomic E-state index is 14.9. The molecule has 0 N–H and O–H groups in total. The quantitative estimate of drug-likeness (QED) is 0.337. The van der Waals surface area contributed by atoms with E-state index in [0.29, 0.717) is 18.2 Å². The third-order valence-corrected chi connectivity index (χ3v) is 13.8. The molecule has 0 aromatic heterocycles. The van der Waals surface area contributed by atoms with Gasteiger partial charge in [-0.2, -0.15) is 0 Å². The lowest BCUT2D eigenvalue weighted by atomic mass is 9.52. The zero-order valence-corrected chi connectivity index (χ0v) is 26.4. The lowest BCUT2D eigenvalue weighted by Gasteiger charge is -2.61. The van der Waals surface area contributed by atoms with E-state index in [9.17, 15) is 9.59 Å². The molecule has 2 atom stereocenters. The molecule has 9 aliphatic carbocycles. The van der Waals surface area contributed by atoms with Crippen molar-refractivity contribution in [3.63, 3.8) is 0 Å². The number of hydrogen-bond acceptors (Lipinski definition) is 2. The van der Waals surface area contributed by atoms with Crippen LogP contribution in [0.2, 0.25) is 0 Å². The number of amides is 2. The third-order valence-electron chi connectivity index (χ3n) is 13.8. The summed E-state index contributed by atoms with van der Waals surface area (Å²) in [6.07, 6.45) is 18.8. The standard InChI is InChI=1S/C40H50N2O2/c43-37(41(35-10-3-1-4-11-35)39-21-27-14-28(22-39)16-29(15-27)23-39)33-8-7-9-34(20-33)38(44)42(36-12-5-2-6-13-36)40-24-30-17-31(25-40)19-32(18-30)26-40/h1-6,10-13,27-34H,7-9,14-26H2. The molecule has 9 aliphatic rings. The summed E-state index contributed by atoms with van der Waals surface area (Å²) < 4.78 is 0. The molecule has 0 heterocycles. The van der Waals surface area contributed by atoms with Crippen LogP contribution in [0.25, 0.3) is 0 Å². The summed E-state index contributed by atoms with van der Waals surface area (Å²) in [5.74, 6) is 5.16. The highest BCUT2D eigenvalue weighted by Gasteiger charge is 2.58. The maximum absolute atomic E-state index is 14.9. The van der Waals surface area contributed by atoms with Gasteiger partial charge in [0.15, 0.2) is 0 Å². The second kappa shape index (κ2) is 10.5. The van der Waals surface area contributed by atoms with Gasteiger partial charge in [0.25, 0.3) is 0 Å². The van der Waals surface area contributed by atoms with Crippen molar-refractivity contribution in [2.24, 2.45) is 47.3 Å². The Morgan fingerprint density at radius 3 is 1.11 bits per heavy atom. The molecule has 44 heavy (non-hydrogen) atoms. The van der Waals surface area contributed by atoms with E-state index in [1.165, 1.54) is 77.0 Å². The van der Waals surface area contributed by atoms with Gasteiger partial charge in [-0.3, -0.25) is 9.59 Å². The summed E-state index contributed by atoms with van der Waals surface area (Å²) in [6, 6.07) is 21.3. The van der Waals surface area contributed by atoms with Gasteiger partial charge in [0.2, 0.25) is 11.8 Å². The Bertz CT molecular complexity index is 1220. The molecule has 0 aliphatic heterocycles. The molecule has 9 saturated carbocycles. The number of nitrogens with zero attached hydrogens (tertiary/aromatic N) is 2. The van der Waals surface area contributed by atoms with Crippen LogP contribution in [0.15, 0.2) is 60.7 Å². The zero-order valence-electron chi connectivity index (χ0n) is 26.4. The molecule has 2 aromatic rings. The lowest BCUT2D eigenvalue weighted by Crippen LogP contribution is -2.64. The lowest BCUT2D eigenvalue weighted by molar-refractivity contribution is -0.131. The smallest absolute Gasteiger partial charge is 0.230 e. The van der Waals surface area contributed by atoms with Crippen LogP contribution >= 0.6 is 0 Å². The maximum Gasteiger partial charge on any atom is 0.230 e. The fraction of sp³-hybridized carbons (Fsp3) is 0.650. The van der Waals surface area contributed by atoms with E-state index in [1.807, 2.05) is 0 Å². The molecule has 9 fully saturated rings. The highest BCUT2D eigenvalue weighted by Crippen LogP contribution is 2.60. The predicted octanol–water partition coefficient (Wildman–Crippen LogP) is 8.80. The van der Waals surface area contributed by atoms with Gasteiger partial charge >= 0.3 is 0 Å². The third kappa shape index (κ3) is 4.51. The minimum Gasteiger partial charge on any atom is -0.306 e. The van der Waals surface area contributed by atoms with Crippen LogP contribution in [0.3, 0.4) is 0 Å². The number of hydrogen-bond donors (Lipinski definition) is 0. The molecule has 8 bridgehead atoms. The van der Waals surface area contributed by atoms with E-state index in [0.717, 1.165) is 66.1 Å². The largest absolute Gasteiger partial charge is 0.306 e. The topological polar surface area (TPSA) is 40.6 Å². The Morgan fingerprint density at radius 1 is 0.477 bits per heavy atom. The second-order valence-electron chi connectivity index (χ2n) is 16.9. The summed E-state index contributed by atoms with van der Waals surface area (Å²) in [6.45, 7) is 0. The van der Waals surface area contributed by atoms with Crippen molar-refractivity contribution in [3.8, 4) is 0 Å². The minimum atomic E-state index is -0.0695. The van der Waals surface area contributed by atoms with Crippen LogP contribution in [0, 0.1) is 47.3 Å². The van der Waals surface area contributed by atoms with Gasteiger partial charge < -0.3 is 9.80 Å². The number of carbonyl (C=O) groups excluding carboxylic acids is 2. The monoisotopic (exact) mass is 590 g/mol. The average molecular weight is 591 g/mol. The normalized spacial score (nSPS) is 41.5. The Kier molecular flexibility index (Phi) is 6.58. The second-order valence-corrected chi connectivity index (χ2v) is 16.9. The summed E-state index contributed by atoms with van der Waals surface area (Å²) in [5, 5.41) is 0. The Labute approximate surface area is 264 Å². The van der Waals surface area contributed by atoms with E-state index >= 15 is 0 Å². The summed E-state index contributed by atoms with van der Waals surface area (Å²) >= 11 is 0. The molecule has 4 heteroatoms. The van der Waals surface area contributed by atoms with Crippen LogP contribution in [0.5, 0.6) is 0 Å². The van der Waals surface area contributed by atoms with E-state index in [2.05, 4.69) is 70.5 Å². The molecular weight excluding hydrogens is 540 g/mol. The van der Waals surface area contributed by atoms with Crippen molar-refractivity contribution in [1.29, 1.82) is 0 Å². The van der Waals surface area contributed by atoms with Crippen LogP contribution < -0.4 is 9.80 Å². The highest BCUT2D eigenvalue weighted by atomic mass is 16.2. The van der Waals surface area contributed by atoms with Crippen molar-refractivity contribution in [3.05, 3.63) is 60.7 Å². The van der Waals surface area contributed by atoms with E-state index in [1.54, 1.807) is 0 Å². The first kappa shape index (κ1) is 27.7. The minimum absolute atomic E-state index is 0.0284. The van der Waals surface area contributed by atoms with Crippen LogP contribution in [-0.4, -0.2) is 22.9 Å². The number of benzene rings is 2. The molecule has 2 unspecified atom stereocenters. The fourth-order valence-corrected chi connectivity index (χ4v) is 13.1. The Hall–Kier alpha value is -2.62. The summed E-state index contributed by atoms with van der Waals surface area (Å²) in [7, 11) is 0. The molecule has 0 radical (unpaired) electrons. The zero-order chi connectivity index (χ0) is 29.5. The Balaban J connectivity index is 1.02. The van der Waals surface area contributed by atoms with Gasteiger partial charge in [0.05, 0.1) is 0 Å². The molecule has 4 nitrogen and oxygen atoms in total. The molecular formula is C40H50N2O2. The van der Waals surface area contributed by atoms with Crippen LogP contribution in [-0.2, 0) is 9.59 Å². The molecule has 2 amide bonds. The molecule has 0 saturated heterocycles. The van der Waals surface area contributed by atoms with Gasteiger partial charge in [-0.25, -0.2) is 0 Å². The summed E-state index contributed by atoms with van der Waals surface area (Å²) in [5.41, 5.74) is 2.12. The van der Waals surface area contributed by atoms with Gasteiger partial charge in [0.1, 0.15) is 0 Å². The number of para-hydroxylation sites is 2. The van der Waals surface area contributed by atoms with Gasteiger partial charge in [-0.15, -0.1) is 0 Å². The number of rotatable bonds is 6. The van der Waals surface area contributed by atoms with Gasteiger partial charge in [0, 0.05) is 34.3 Å². The Morgan fingerprint density at radius 2 is 0.795 bits per heavy atom. The van der Waals surface area contributed by atoms with Gasteiger partial charge in [-0.1, -0.05) is 42.8 Å². The molecule has 11 rings (SSSR count). The molecule has 0 spiro atoms. The van der Waals surface area contributed by atoms with Crippen molar-refractivity contribution < 1.29 is 9.59 Å². The number of carbonyl (C=O) groups is 2. The average Bonchev–Trinajstić information content (AvgIpc) is 3.01. The van der Waals surface area contributed by atoms with Crippen molar-refractivity contribution >= 4 is 23.2 Å². The number of anilines is 2. The SMILES string of the molecule is O=C(C1CCCC(C(=O)N(c2ccccc2)C23CC4CC(CC(C4)C2)C3)C1)N(c1ccccc1)C12CC3CC(CC(C3)C1)C2. The predicted molar refractivity (Wildman–Crippen MR) is 175 cm³/mol. The van der Waals surface area contributed by atoms with Crippen molar-refractivity contribution in [1.82, 2.24) is 0 Å². The van der Waals surface area contributed by atoms with E-state index in [4.69, 9.17) is 0 Å². The highest BCUT2D eigenvalue weighted by molar-refractivity contribution is 5.99. The molecule has 232 valence electrons. The van der Waals surface area contributed by atoms with E-state index in [-0.39, 0.29) is 22.9 Å². The van der Waals surface area contributed by atoms with Crippen molar-refractivity contribution in [2.75, 3.05) is 9.80 Å². The van der Waals surface area contributed by atoms with E-state index < -0.39 is 0 Å². The molecule has 2 aromatic carbocycles. The van der Waals surface area contributed by atoms with Gasteiger partial charge in [-0.05, 0) is 156 Å².